The minimum atomic E-state index is -1.67. The molecule has 118 valence electrons. The fourth-order valence-corrected chi connectivity index (χ4v) is 1.50. The maximum Gasteiger partial charge on any atom is 0.240 e. The van der Waals surface area contributed by atoms with Crippen molar-refractivity contribution in [1.29, 1.82) is 0 Å². The Balaban J connectivity index is 2.98. The summed E-state index contributed by atoms with van der Waals surface area (Å²) in [7, 11) is 0. The predicted molar refractivity (Wildman–Crippen MR) is 67.7 cm³/mol. The summed E-state index contributed by atoms with van der Waals surface area (Å²) in [4.78, 5) is 11.4. The van der Waals surface area contributed by atoms with E-state index >= 15 is 0 Å². The molecule has 3 N–H and O–H groups in total. The lowest BCUT2D eigenvalue weighted by Crippen LogP contribution is -2.57. The van der Waals surface area contributed by atoms with Crippen LogP contribution in [0.2, 0.25) is 0 Å². The Bertz CT molecular complexity index is 513. The molecular weight excluding hydrogens is 292 g/mol. The highest BCUT2D eigenvalue weighted by Gasteiger charge is 2.33. The highest BCUT2D eigenvalue weighted by molar-refractivity contribution is 5.84. The third kappa shape index (κ3) is 3.84. The predicted octanol–water partition coefficient (Wildman–Crippen LogP) is 1.87. The quantitative estimate of drug-likeness (QED) is 0.597. The first-order valence-corrected chi connectivity index (χ1v) is 6.23. The van der Waals surface area contributed by atoms with E-state index in [9.17, 15) is 22.4 Å². The standard InChI is InChI=1S/C13H16F4N2O2/c1-3-4-19-13(2,12(18)20)6-21-11-9(16)7(14)5-8(15)10(11)17/h5,19H,3-4,6H2,1-2H3,(H2,18,20). The van der Waals surface area contributed by atoms with E-state index in [1.54, 1.807) is 0 Å². The summed E-state index contributed by atoms with van der Waals surface area (Å²) in [5.74, 6) is -8.57. The van der Waals surface area contributed by atoms with Crippen LogP contribution in [0.25, 0.3) is 0 Å². The third-order valence-corrected chi connectivity index (χ3v) is 2.89. The van der Waals surface area contributed by atoms with E-state index in [-0.39, 0.29) is 6.07 Å². The number of benzene rings is 1. The van der Waals surface area contributed by atoms with E-state index in [0.29, 0.717) is 13.0 Å². The second kappa shape index (κ2) is 6.75. The number of nitrogens with two attached hydrogens (primary N) is 1. The number of carbonyl (C=O) groups excluding carboxylic acids is 1. The summed E-state index contributed by atoms with van der Waals surface area (Å²) < 4.78 is 57.7. The van der Waals surface area contributed by atoms with Gasteiger partial charge in [0.05, 0.1) is 0 Å². The van der Waals surface area contributed by atoms with E-state index in [1.165, 1.54) is 6.92 Å². The van der Waals surface area contributed by atoms with E-state index in [4.69, 9.17) is 10.5 Å². The molecule has 0 saturated heterocycles. The molecule has 1 unspecified atom stereocenters. The average molecular weight is 308 g/mol. The van der Waals surface area contributed by atoms with Crippen LogP contribution in [-0.2, 0) is 4.79 Å². The molecule has 0 aliphatic heterocycles. The van der Waals surface area contributed by atoms with Gasteiger partial charge in [-0.05, 0) is 19.9 Å². The maximum atomic E-state index is 13.4. The van der Waals surface area contributed by atoms with Crippen molar-refractivity contribution in [3.05, 3.63) is 29.3 Å². The van der Waals surface area contributed by atoms with Gasteiger partial charge in [-0.1, -0.05) is 6.92 Å². The van der Waals surface area contributed by atoms with Crippen LogP contribution in [0.4, 0.5) is 17.6 Å². The second-order valence-corrected chi connectivity index (χ2v) is 4.71. The van der Waals surface area contributed by atoms with Crippen molar-refractivity contribution in [2.75, 3.05) is 13.2 Å². The number of amides is 1. The van der Waals surface area contributed by atoms with Gasteiger partial charge in [-0.2, -0.15) is 8.78 Å². The molecule has 1 amide bonds. The molecule has 4 nitrogen and oxygen atoms in total. The van der Waals surface area contributed by atoms with Crippen molar-refractivity contribution < 1.29 is 27.1 Å². The molecule has 1 atom stereocenters. The maximum absolute atomic E-state index is 13.4. The number of hydrogen-bond donors (Lipinski definition) is 2. The number of primary amides is 1. The Labute approximate surface area is 119 Å². The molecule has 0 aromatic heterocycles. The summed E-state index contributed by atoms with van der Waals surface area (Å²) in [6.07, 6.45) is 0.667. The summed E-state index contributed by atoms with van der Waals surface area (Å²) >= 11 is 0. The topological polar surface area (TPSA) is 64.3 Å². The van der Waals surface area contributed by atoms with Gasteiger partial charge in [0, 0.05) is 6.07 Å². The van der Waals surface area contributed by atoms with Gasteiger partial charge in [-0.25, -0.2) is 8.78 Å². The van der Waals surface area contributed by atoms with Crippen molar-refractivity contribution in [2.24, 2.45) is 5.73 Å². The first-order chi connectivity index (χ1) is 9.73. The van der Waals surface area contributed by atoms with Crippen LogP contribution in [0.1, 0.15) is 20.3 Å². The van der Waals surface area contributed by atoms with Crippen LogP contribution in [0, 0.1) is 23.3 Å². The summed E-state index contributed by atoms with van der Waals surface area (Å²) in [5, 5.41) is 2.75. The minimum absolute atomic E-state index is 0.0696. The van der Waals surface area contributed by atoms with E-state index in [1.807, 2.05) is 6.92 Å². The summed E-state index contributed by atoms with van der Waals surface area (Å²) in [6, 6.07) is 0.0696. The largest absolute Gasteiger partial charge is 0.485 e. The van der Waals surface area contributed by atoms with Crippen molar-refractivity contribution >= 4 is 5.91 Å². The zero-order valence-electron chi connectivity index (χ0n) is 11.6. The molecular formula is C13H16F4N2O2. The summed E-state index contributed by atoms with van der Waals surface area (Å²) in [6.45, 7) is 3.00. The average Bonchev–Trinajstić information content (AvgIpc) is 2.42. The lowest BCUT2D eigenvalue weighted by Gasteiger charge is -2.27. The number of hydrogen-bond acceptors (Lipinski definition) is 3. The van der Waals surface area contributed by atoms with Crippen LogP contribution in [-0.4, -0.2) is 24.6 Å². The van der Waals surface area contributed by atoms with Crippen molar-refractivity contribution in [3.63, 3.8) is 0 Å². The molecule has 21 heavy (non-hydrogen) atoms. The molecule has 1 rings (SSSR count). The van der Waals surface area contributed by atoms with E-state index in [2.05, 4.69) is 5.32 Å². The van der Waals surface area contributed by atoms with E-state index in [0.717, 1.165) is 0 Å². The lowest BCUT2D eigenvalue weighted by atomic mass is 10.0. The van der Waals surface area contributed by atoms with Crippen LogP contribution < -0.4 is 15.8 Å². The normalized spacial score (nSPS) is 13.8. The van der Waals surface area contributed by atoms with Gasteiger partial charge in [0.15, 0.2) is 17.4 Å². The molecule has 0 saturated carbocycles. The van der Waals surface area contributed by atoms with Gasteiger partial charge in [0.25, 0.3) is 0 Å². The number of halogens is 4. The number of carbonyl (C=O) groups is 1. The molecule has 0 aliphatic carbocycles. The van der Waals surface area contributed by atoms with Gasteiger partial charge in [0.2, 0.25) is 17.5 Å². The van der Waals surface area contributed by atoms with E-state index < -0.39 is 47.1 Å². The zero-order chi connectivity index (χ0) is 16.2. The first kappa shape index (κ1) is 17.2. The number of nitrogens with one attached hydrogen (secondary N) is 1. The van der Waals surface area contributed by atoms with Crippen LogP contribution in [0.5, 0.6) is 5.75 Å². The number of rotatable bonds is 7. The van der Waals surface area contributed by atoms with Crippen LogP contribution in [0.3, 0.4) is 0 Å². The molecule has 0 aliphatic rings. The Kier molecular flexibility index (Phi) is 5.54. The van der Waals surface area contributed by atoms with Crippen molar-refractivity contribution in [3.8, 4) is 5.75 Å². The molecule has 1 aromatic rings. The Morgan fingerprint density at radius 3 is 2.24 bits per heavy atom. The Morgan fingerprint density at radius 2 is 1.81 bits per heavy atom. The smallest absolute Gasteiger partial charge is 0.240 e. The number of ether oxygens (including phenoxy) is 1. The monoisotopic (exact) mass is 308 g/mol. The molecule has 0 bridgehead atoms. The zero-order valence-corrected chi connectivity index (χ0v) is 11.6. The Morgan fingerprint density at radius 1 is 1.29 bits per heavy atom. The van der Waals surface area contributed by atoms with Crippen molar-refractivity contribution in [1.82, 2.24) is 5.32 Å². The Hall–Kier alpha value is -1.83. The molecule has 0 fully saturated rings. The molecule has 1 aromatic carbocycles. The molecule has 0 radical (unpaired) electrons. The first-order valence-electron chi connectivity index (χ1n) is 6.23. The molecule has 8 heteroatoms. The fourth-order valence-electron chi connectivity index (χ4n) is 1.50. The molecule has 0 spiro atoms. The third-order valence-electron chi connectivity index (χ3n) is 2.89. The van der Waals surface area contributed by atoms with Gasteiger partial charge in [-0.3, -0.25) is 4.79 Å². The highest BCUT2D eigenvalue weighted by atomic mass is 19.2. The fraction of sp³-hybridized carbons (Fsp3) is 0.462. The van der Waals surface area contributed by atoms with Gasteiger partial charge in [-0.15, -0.1) is 0 Å². The van der Waals surface area contributed by atoms with Gasteiger partial charge >= 0.3 is 0 Å². The van der Waals surface area contributed by atoms with Gasteiger partial charge < -0.3 is 15.8 Å². The van der Waals surface area contributed by atoms with Crippen LogP contribution in [0.15, 0.2) is 6.07 Å². The van der Waals surface area contributed by atoms with Gasteiger partial charge in [0.1, 0.15) is 12.1 Å². The second-order valence-electron chi connectivity index (χ2n) is 4.71. The molecule has 0 heterocycles. The SMILES string of the molecule is CCCNC(C)(COc1c(F)c(F)cc(F)c1F)C(N)=O. The van der Waals surface area contributed by atoms with Crippen LogP contribution >= 0.6 is 0 Å². The highest BCUT2D eigenvalue weighted by Crippen LogP contribution is 2.27. The minimum Gasteiger partial charge on any atom is -0.485 e. The van der Waals surface area contributed by atoms with Crippen molar-refractivity contribution in [2.45, 2.75) is 25.8 Å². The summed E-state index contributed by atoms with van der Waals surface area (Å²) in [5.41, 5.74) is 3.76. The lowest BCUT2D eigenvalue weighted by molar-refractivity contribution is -0.125.